The Balaban J connectivity index is -0.000000131. The maximum absolute atomic E-state index is 11.2. The number of ether oxygens (including phenoxy) is 1. The van der Waals surface area contributed by atoms with Gasteiger partial charge in [0.15, 0.2) is 0 Å². The third kappa shape index (κ3) is 36.6. The van der Waals surface area contributed by atoms with Crippen molar-refractivity contribution < 1.29 is 9.53 Å². The minimum atomic E-state index is -0.332. The molecule has 0 aromatic heterocycles. The van der Waals surface area contributed by atoms with E-state index in [1.807, 2.05) is 104 Å². The summed E-state index contributed by atoms with van der Waals surface area (Å²) in [5.41, 5.74) is 8.97. The standard InChI is InChI=1S/C23H31N.C11H22O2.C8H10.6C2H6.CH4S/c1-8-24-21-15-14-18(4)16-20(21)23(6,7)22(24)13-11-9-10-12-19(5)17(2)3;1-5-6-7-8-9-10(12)13-11(2,3)4;1-7-3-5-8(2)6-4-7;7*1-2/h9-17H,5,8H2,1-4,6-7H3;5-9H2,1-4H3;3-6H,1-2H3;6*1-2H3;2H,1H3/b11-9+,12-10+,22-13-;;;;;;;;;. The number of hydrogen-bond donors (Lipinski definition) is 1. The fourth-order valence-electron chi connectivity index (χ4n) is 4.94. The number of thiol groups is 1. The van der Waals surface area contributed by atoms with Gasteiger partial charge in [0.2, 0.25) is 0 Å². The van der Waals surface area contributed by atoms with E-state index in [1.54, 1.807) is 6.26 Å². The molecule has 3 nitrogen and oxygen atoms in total. The zero-order valence-corrected chi connectivity index (χ0v) is 45.1. The van der Waals surface area contributed by atoms with Crippen molar-refractivity contribution in [1.82, 2.24) is 0 Å². The lowest BCUT2D eigenvalue weighted by Gasteiger charge is -2.25. The highest BCUT2D eigenvalue weighted by Crippen LogP contribution is 2.47. The first-order chi connectivity index (χ1) is 28.0. The molecule has 1 aliphatic rings. The summed E-state index contributed by atoms with van der Waals surface area (Å²) in [4.78, 5) is 13.6. The van der Waals surface area contributed by atoms with Gasteiger partial charge in [0.05, 0.1) is 0 Å². The number of hydrogen-bond acceptors (Lipinski definition) is 4. The Hall–Kier alpha value is -2.98. The first-order valence-corrected chi connectivity index (χ1v) is 24.3. The highest BCUT2D eigenvalue weighted by molar-refractivity contribution is 7.79. The molecule has 0 unspecified atom stereocenters. The molecule has 0 bridgehead atoms. The smallest absolute Gasteiger partial charge is 0.306 e. The average Bonchev–Trinajstić information content (AvgIpc) is 3.46. The Kier molecular flexibility index (Phi) is 57.1. The third-order valence-corrected chi connectivity index (χ3v) is 7.76. The van der Waals surface area contributed by atoms with E-state index in [1.165, 1.54) is 46.5 Å². The molecular weight excluding hydrogens is 739 g/mol. The second-order valence-electron chi connectivity index (χ2n) is 14.0. The number of aryl methyl sites for hydroxylation is 3. The number of carbonyl (C=O) groups excluding carboxylic acids is 1. The van der Waals surface area contributed by atoms with E-state index in [0.29, 0.717) is 12.3 Å². The molecule has 4 heteroatoms. The van der Waals surface area contributed by atoms with Gasteiger partial charge in [-0.3, -0.25) is 4.79 Å². The molecule has 1 heterocycles. The number of fused-ring (bicyclic) bond motifs is 1. The number of likely N-dealkylation sites (N-methyl/N-ethyl adjacent to an activating group) is 1. The van der Waals surface area contributed by atoms with Gasteiger partial charge in [-0.05, 0) is 84.8 Å². The Morgan fingerprint density at radius 3 is 1.56 bits per heavy atom. The maximum atomic E-state index is 11.2. The lowest BCUT2D eigenvalue weighted by atomic mass is 9.83. The third-order valence-electron chi connectivity index (χ3n) is 7.76. The van der Waals surface area contributed by atoms with E-state index in [0.717, 1.165) is 25.0 Å². The number of anilines is 1. The molecule has 0 amide bonds. The molecule has 0 N–H and O–H groups in total. The molecule has 0 spiro atoms. The lowest BCUT2D eigenvalue weighted by molar-refractivity contribution is -0.154. The predicted molar refractivity (Wildman–Crippen MR) is 281 cm³/mol. The van der Waals surface area contributed by atoms with Crippen LogP contribution in [0.5, 0.6) is 0 Å². The van der Waals surface area contributed by atoms with Crippen molar-refractivity contribution in [3.63, 3.8) is 0 Å². The summed E-state index contributed by atoms with van der Waals surface area (Å²) < 4.78 is 5.18. The minimum Gasteiger partial charge on any atom is -0.460 e. The summed E-state index contributed by atoms with van der Waals surface area (Å²) in [5, 5.41) is 0. The number of unbranched alkanes of at least 4 members (excludes halogenated alkanes) is 3. The first kappa shape index (κ1) is 70.6. The fraction of sp³-hybridized carbons (Fsp3) is 0.618. The summed E-state index contributed by atoms with van der Waals surface area (Å²) in [5.74, 6) is 0.429. The van der Waals surface area contributed by atoms with E-state index in [4.69, 9.17) is 4.74 Å². The second-order valence-corrected chi connectivity index (χ2v) is 14.0. The van der Waals surface area contributed by atoms with Gasteiger partial charge in [0.1, 0.15) is 5.60 Å². The fourth-order valence-corrected chi connectivity index (χ4v) is 4.94. The van der Waals surface area contributed by atoms with Crippen molar-refractivity contribution in [2.75, 3.05) is 17.7 Å². The van der Waals surface area contributed by atoms with E-state index < -0.39 is 0 Å². The SMILES string of the molecule is C=C(/C=C/C=C/C=C1\N(CC)c2ccc(C)cc2C1(C)C)C(C)C.CC.CC.CC.CC.CC.CC.CCCCCCC(=O)OC(C)(C)C.CS.Cc1ccc(C)cc1. The molecule has 0 radical (unpaired) electrons. The molecule has 2 aromatic rings. The van der Waals surface area contributed by atoms with Gasteiger partial charge in [0, 0.05) is 29.8 Å². The highest BCUT2D eigenvalue weighted by atomic mass is 32.1. The van der Waals surface area contributed by atoms with Crippen LogP contribution < -0.4 is 4.90 Å². The van der Waals surface area contributed by atoms with Crippen LogP contribution in [0, 0.1) is 26.7 Å². The molecule has 3 rings (SSSR count). The van der Waals surface area contributed by atoms with Crippen LogP contribution in [-0.2, 0) is 14.9 Å². The molecule has 1 aliphatic heterocycles. The Morgan fingerprint density at radius 2 is 1.17 bits per heavy atom. The van der Waals surface area contributed by atoms with Crippen LogP contribution in [0.15, 0.2) is 90.7 Å². The molecule has 346 valence electrons. The van der Waals surface area contributed by atoms with E-state index in [2.05, 4.69) is 159 Å². The molecule has 59 heavy (non-hydrogen) atoms. The number of benzene rings is 2. The predicted octanol–water partition coefficient (Wildman–Crippen LogP) is 18.6. The molecule has 0 fully saturated rings. The van der Waals surface area contributed by atoms with Crippen molar-refractivity contribution in [1.29, 1.82) is 0 Å². The summed E-state index contributed by atoms with van der Waals surface area (Å²) >= 11 is 3.53. The summed E-state index contributed by atoms with van der Waals surface area (Å²) in [6.07, 6.45) is 17.4. The normalized spacial score (nSPS) is 11.9. The van der Waals surface area contributed by atoms with Gasteiger partial charge in [-0.2, -0.15) is 12.6 Å². The summed E-state index contributed by atoms with van der Waals surface area (Å²) in [6, 6.07) is 15.3. The van der Waals surface area contributed by atoms with Gasteiger partial charge < -0.3 is 9.64 Å². The van der Waals surface area contributed by atoms with E-state index in [-0.39, 0.29) is 17.0 Å². The van der Waals surface area contributed by atoms with Gasteiger partial charge in [-0.25, -0.2) is 0 Å². The Morgan fingerprint density at radius 1 is 0.729 bits per heavy atom. The number of allylic oxidation sites excluding steroid dienone is 7. The number of rotatable bonds is 10. The topological polar surface area (TPSA) is 29.5 Å². The molecule has 2 aromatic carbocycles. The summed E-state index contributed by atoms with van der Waals surface area (Å²) in [7, 11) is 0. The highest BCUT2D eigenvalue weighted by Gasteiger charge is 2.39. The number of nitrogens with zero attached hydrogens (tertiary/aromatic N) is 1. The van der Waals surface area contributed by atoms with Crippen LogP contribution in [0.4, 0.5) is 5.69 Å². The van der Waals surface area contributed by atoms with E-state index in [9.17, 15) is 4.79 Å². The van der Waals surface area contributed by atoms with Crippen molar-refractivity contribution in [2.45, 2.75) is 209 Å². The van der Waals surface area contributed by atoms with E-state index >= 15 is 0 Å². The molecule has 0 atom stereocenters. The van der Waals surface area contributed by atoms with Crippen LogP contribution in [0.2, 0.25) is 0 Å². The van der Waals surface area contributed by atoms with Gasteiger partial charge >= 0.3 is 5.97 Å². The number of esters is 1. The summed E-state index contributed by atoms with van der Waals surface area (Å²) in [6.45, 7) is 54.5. The zero-order chi connectivity index (χ0) is 48.2. The quantitative estimate of drug-likeness (QED) is 0.112. The van der Waals surface area contributed by atoms with Crippen molar-refractivity contribution in [3.05, 3.63) is 113 Å². The minimum absolute atomic E-state index is 0.0347. The van der Waals surface area contributed by atoms with Gasteiger partial charge in [-0.15, -0.1) is 0 Å². The van der Waals surface area contributed by atoms with Gasteiger partial charge in [0.25, 0.3) is 0 Å². The van der Waals surface area contributed by atoms with Crippen LogP contribution in [0.1, 0.15) is 200 Å². The number of carbonyl (C=O) groups is 1. The van der Waals surface area contributed by atoms with Crippen LogP contribution >= 0.6 is 12.6 Å². The monoisotopic (exact) mass is 842 g/mol. The molecule has 0 saturated heterocycles. The molecule has 0 aliphatic carbocycles. The average molecular weight is 843 g/mol. The van der Waals surface area contributed by atoms with Crippen molar-refractivity contribution in [3.8, 4) is 0 Å². The largest absolute Gasteiger partial charge is 0.460 e. The Bertz CT molecular complexity index is 1270. The lowest BCUT2D eigenvalue weighted by Crippen LogP contribution is -2.25. The van der Waals surface area contributed by atoms with Crippen molar-refractivity contribution >= 4 is 24.3 Å². The van der Waals surface area contributed by atoms with Gasteiger partial charge in [-0.1, -0.05) is 227 Å². The molecule has 0 saturated carbocycles. The maximum Gasteiger partial charge on any atom is 0.306 e. The van der Waals surface area contributed by atoms with Crippen LogP contribution in [0.3, 0.4) is 0 Å². The van der Waals surface area contributed by atoms with Crippen LogP contribution in [-0.4, -0.2) is 24.4 Å². The first-order valence-electron chi connectivity index (χ1n) is 23.4. The van der Waals surface area contributed by atoms with Crippen LogP contribution in [0.25, 0.3) is 0 Å². The Labute approximate surface area is 378 Å². The van der Waals surface area contributed by atoms with Crippen molar-refractivity contribution in [2.24, 2.45) is 5.92 Å². The molecular formula is C55H103NO2S. The second kappa shape index (κ2) is 47.7. The zero-order valence-electron chi connectivity index (χ0n) is 44.2.